The first kappa shape index (κ1) is 24.2. The van der Waals surface area contributed by atoms with Crippen LogP contribution in [0.3, 0.4) is 0 Å². The first-order valence-electron chi connectivity index (χ1n) is 10.2. The number of hydrogen-bond donors (Lipinski definition) is 3. The van der Waals surface area contributed by atoms with Crippen molar-refractivity contribution in [3.05, 3.63) is 82.9 Å². The number of nitrogens with two attached hydrogens (primary N) is 1. The van der Waals surface area contributed by atoms with Gasteiger partial charge in [-0.2, -0.15) is 0 Å². The van der Waals surface area contributed by atoms with E-state index in [1.54, 1.807) is 11.8 Å². The second-order valence-electron chi connectivity index (χ2n) is 8.08. The van der Waals surface area contributed by atoms with E-state index in [-0.39, 0.29) is 25.6 Å². The Balaban J connectivity index is 0.00000272. The van der Waals surface area contributed by atoms with Gasteiger partial charge in [0.1, 0.15) is 0 Å². The van der Waals surface area contributed by atoms with Crippen molar-refractivity contribution >= 4 is 35.9 Å². The van der Waals surface area contributed by atoms with E-state index >= 15 is 0 Å². The van der Waals surface area contributed by atoms with Crippen molar-refractivity contribution in [2.45, 2.75) is 51.3 Å². The van der Waals surface area contributed by atoms with Crippen LogP contribution in [0.2, 0.25) is 0 Å². The van der Waals surface area contributed by atoms with Gasteiger partial charge < -0.3 is 15.9 Å². The van der Waals surface area contributed by atoms with Gasteiger partial charge in [0.05, 0.1) is 18.8 Å². The summed E-state index contributed by atoms with van der Waals surface area (Å²) in [4.78, 5) is 5.14. The van der Waals surface area contributed by atoms with Crippen molar-refractivity contribution in [2.75, 3.05) is 13.2 Å². The van der Waals surface area contributed by atoms with Crippen molar-refractivity contribution in [1.82, 2.24) is 0 Å². The number of fused-ring (bicyclic) bond motifs is 2. The predicted molar refractivity (Wildman–Crippen MR) is 132 cm³/mol. The van der Waals surface area contributed by atoms with E-state index in [2.05, 4.69) is 67.6 Å². The highest BCUT2D eigenvalue weighted by molar-refractivity contribution is 8.00. The standard InChI is InChI=1S/C25H27NO2S2.ClH/c1-17-2-5-21(6-3-17)29-22-7-9-24-20(14-22)13-19-12-18(4-8-23(19)30-24)10-11-25(26,15-27)16-28;/h2-9,12,14,27-28H,10-11,13,15-16,26H2,1H3;1H. The number of aliphatic hydroxyl groups is 2. The Hall–Kier alpha value is -1.47. The molecule has 6 heteroatoms. The predicted octanol–water partition coefficient (Wildman–Crippen LogP) is 5.24. The van der Waals surface area contributed by atoms with Crippen LogP contribution in [0.1, 0.15) is 28.7 Å². The molecule has 4 N–H and O–H groups in total. The Bertz CT molecular complexity index is 1040. The summed E-state index contributed by atoms with van der Waals surface area (Å²) in [6.07, 6.45) is 2.22. The van der Waals surface area contributed by atoms with Gasteiger partial charge in [-0.1, -0.05) is 53.4 Å². The van der Waals surface area contributed by atoms with Crippen LogP contribution in [0.25, 0.3) is 0 Å². The third-order valence-electron chi connectivity index (χ3n) is 5.56. The number of rotatable bonds is 7. The summed E-state index contributed by atoms with van der Waals surface area (Å²) in [6, 6.07) is 22.0. The van der Waals surface area contributed by atoms with Crippen LogP contribution in [0.5, 0.6) is 0 Å². The van der Waals surface area contributed by atoms with Crippen molar-refractivity contribution < 1.29 is 10.2 Å². The molecule has 0 aromatic heterocycles. The highest BCUT2D eigenvalue weighted by atomic mass is 35.5. The third kappa shape index (κ3) is 5.86. The Labute approximate surface area is 198 Å². The topological polar surface area (TPSA) is 66.5 Å². The van der Waals surface area contributed by atoms with Crippen LogP contribution in [0.15, 0.2) is 80.2 Å². The van der Waals surface area contributed by atoms with Crippen LogP contribution >= 0.6 is 35.9 Å². The maximum atomic E-state index is 9.42. The van der Waals surface area contributed by atoms with E-state index in [1.807, 2.05) is 11.8 Å². The van der Waals surface area contributed by atoms with Crippen LogP contribution < -0.4 is 5.73 Å². The van der Waals surface area contributed by atoms with Crippen LogP contribution in [-0.4, -0.2) is 29.0 Å². The quantitative estimate of drug-likeness (QED) is 0.342. The van der Waals surface area contributed by atoms with Crippen LogP contribution in [0, 0.1) is 6.92 Å². The molecule has 1 aliphatic rings. The van der Waals surface area contributed by atoms with Gasteiger partial charge in [0.2, 0.25) is 0 Å². The Morgan fingerprint density at radius 3 is 2.19 bits per heavy atom. The van der Waals surface area contributed by atoms with E-state index in [4.69, 9.17) is 5.73 Å². The zero-order chi connectivity index (χ0) is 21.1. The molecule has 0 atom stereocenters. The summed E-state index contributed by atoms with van der Waals surface area (Å²) in [7, 11) is 0. The molecule has 3 aromatic rings. The summed E-state index contributed by atoms with van der Waals surface area (Å²) in [6.45, 7) is 1.69. The van der Waals surface area contributed by atoms with Crippen LogP contribution in [-0.2, 0) is 12.8 Å². The molecule has 0 aliphatic carbocycles. The largest absolute Gasteiger partial charge is 0.394 e. The van der Waals surface area contributed by atoms with Crippen LogP contribution in [0.4, 0.5) is 0 Å². The monoisotopic (exact) mass is 473 g/mol. The molecule has 0 fully saturated rings. The van der Waals surface area contributed by atoms with Gasteiger partial charge in [0, 0.05) is 19.6 Å². The fraction of sp³-hybridized carbons (Fsp3) is 0.280. The fourth-order valence-corrected chi connectivity index (χ4v) is 5.47. The highest BCUT2D eigenvalue weighted by Gasteiger charge is 2.23. The number of halogens is 1. The lowest BCUT2D eigenvalue weighted by molar-refractivity contribution is 0.115. The average molecular weight is 474 g/mol. The molecule has 3 aromatic carbocycles. The van der Waals surface area contributed by atoms with Gasteiger partial charge in [-0.15, -0.1) is 12.4 Å². The highest BCUT2D eigenvalue weighted by Crippen LogP contribution is 2.42. The normalized spacial score (nSPS) is 12.6. The van der Waals surface area contributed by atoms with Crippen molar-refractivity contribution in [1.29, 1.82) is 0 Å². The summed E-state index contributed by atoms with van der Waals surface area (Å²) < 4.78 is 0. The smallest absolute Gasteiger partial charge is 0.0633 e. The molecule has 0 unspecified atom stereocenters. The van der Waals surface area contributed by atoms with Gasteiger partial charge in [0.15, 0.2) is 0 Å². The number of aryl methyl sites for hydroxylation is 2. The molecule has 0 bridgehead atoms. The first-order chi connectivity index (χ1) is 14.5. The minimum absolute atomic E-state index is 0. The molecular weight excluding hydrogens is 446 g/mol. The summed E-state index contributed by atoms with van der Waals surface area (Å²) in [5.41, 5.74) is 10.3. The molecule has 0 spiro atoms. The minimum Gasteiger partial charge on any atom is -0.394 e. The molecule has 1 heterocycles. The van der Waals surface area contributed by atoms with Gasteiger partial charge >= 0.3 is 0 Å². The van der Waals surface area contributed by atoms with Crippen molar-refractivity contribution in [3.8, 4) is 0 Å². The maximum Gasteiger partial charge on any atom is 0.0633 e. The molecule has 0 saturated heterocycles. The fourth-order valence-electron chi connectivity index (χ4n) is 3.55. The number of aliphatic hydroxyl groups excluding tert-OH is 2. The lowest BCUT2D eigenvalue weighted by atomic mass is 9.92. The molecule has 3 nitrogen and oxygen atoms in total. The SMILES string of the molecule is Cc1ccc(Sc2ccc3c(c2)Cc2cc(CCC(N)(CO)CO)ccc2S3)cc1.Cl. The number of benzene rings is 3. The molecule has 164 valence electrons. The molecule has 31 heavy (non-hydrogen) atoms. The lowest BCUT2D eigenvalue weighted by Crippen LogP contribution is -2.47. The average Bonchev–Trinajstić information content (AvgIpc) is 2.77. The minimum atomic E-state index is -0.917. The zero-order valence-electron chi connectivity index (χ0n) is 17.5. The maximum absolute atomic E-state index is 9.42. The summed E-state index contributed by atoms with van der Waals surface area (Å²) in [5.74, 6) is 0. The van der Waals surface area contributed by atoms with Gasteiger partial charge in [-0.25, -0.2) is 0 Å². The van der Waals surface area contributed by atoms with Gasteiger partial charge in [-0.3, -0.25) is 0 Å². The van der Waals surface area contributed by atoms with Gasteiger partial charge in [0.25, 0.3) is 0 Å². The Morgan fingerprint density at radius 1 is 0.903 bits per heavy atom. The first-order valence-corrected chi connectivity index (χ1v) is 11.8. The molecule has 0 saturated carbocycles. The van der Waals surface area contributed by atoms with Crippen molar-refractivity contribution in [2.24, 2.45) is 5.73 Å². The van der Waals surface area contributed by atoms with E-state index < -0.39 is 5.54 Å². The Morgan fingerprint density at radius 2 is 1.52 bits per heavy atom. The van der Waals surface area contributed by atoms with Crippen molar-refractivity contribution in [3.63, 3.8) is 0 Å². The lowest BCUT2D eigenvalue weighted by Gasteiger charge is -2.25. The van der Waals surface area contributed by atoms with E-state index in [0.29, 0.717) is 6.42 Å². The molecule has 0 radical (unpaired) electrons. The second-order valence-corrected chi connectivity index (χ2v) is 10.3. The molecule has 1 aliphatic heterocycles. The molecular formula is C25H28ClNO2S2. The molecule has 0 amide bonds. The van der Waals surface area contributed by atoms with Gasteiger partial charge in [-0.05, 0) is 79.3 Å². The summed E-state index contributed by atoms with van der Waals surface area (Å²) in [5, 5.41) is 18.8. The molecule has 4 rings (SSSR count). The van der Waals surface area contributed by atoms with E-state index in [1.165, 1.54) is 41.8 Å². The Kier molecular flexibility index (Phi) is 8.14. The third-order valence-corrected chi connectivity index (χ3v) is 7.79. The van der Waals surface area contributed by atoms with E-state index in [9.17, 15) is 10.2 Å². The second kappa shape index (κ2) is 10.4. The van der Waals surface area contributed by atoms with E-state index in [0.717, 1.165) is 12.8 Å². The number of hydrogen-bond acceptors (Lipinski definition) is 5. The zero-order valence-corrected chi connectivity index (χ0v) is 20.0. The summed E-state index contributed by atoms with van der Waals surface area (Å²) >= 11 is 3.63.